The van der Waals surface area contributed by atoms with Crippen molar-refractivity contribution in [1.82, 2.24) is 19.7 Å². The molecule has 0 bridgehead atoms. The molecule has 1 amide bonds. The summed E-state index contributed by atoms with van der Waals surface area (Å²) < 4.78 is 3.31. The van der Waals surface area contributed by atoms with Crippen molar-refractivity contribution in [2.45, 2.75) is 44.9 Å². The first-order valence-electron chi connectivity index (χ1n) is 8.56. The van der Waals surface area contributed by atoms with Crippen LogP contribution in [0.15, 0.2) is 35.4 Å². The average molecular weight is 344 g/mol. The SMILES string of the molecule is Cc1cccc(=O)n1CCC(=O)N[C@H](c1cnn(C)c1)C1CC(O)C1. The van der Waals surface area contributed by atoms with Gasteiger partial charge in [0.25, 0.3) is 5.56 Å². The second kappa shape index (κ2) is 7.23. The summed E-state index contributed by atoms with van der Waals surface area (Å²) in [6, 6.07) is 4.92. The Kier molecular flexibility index (Phi) is 5.03. The molecule has 2 aromatic heterocycles. The van der Waals surface area contributed by atoms with E-state index in [2.05, 4.69) is 10.4 Å². The predicted octanol–water partition coefficient (Wildman–Crippen LogP) is 0.909. The number of carbonyl (C=O) groups is 1. The molecule has 2 N–H and O–H groups in total. The molecular weight excluding hydrogens is 320 g/mol. The highest BCUT2D eigenvalue weighted by atomic mass is 16.3. The zero-order valence-electron chi connectivity index (χ0n) is 14.6. The number of nitrogens with one attached hydrogen (secondary N) is 1. The fraction of sp³-hybridized carbons (Fsp3) is 0.500. The van der Waals surface area contributed by atoms with E-state index in [1.54, 1.807) is 21.5 Å². The normalized spacial score (nSPS) is 20.8. The maximum Gasteiger partial charge on any atom is 0.250 e. The van der Waals surface area contributed by atoms with Crippen LogP contribution in [0.3, 0.4) is 0 Å². The molecule has 0 unspecified atom stereocenters. The van der Waals surface area contributed by atoms with Crippen molar-refractivity contribution in [3.8, 4) is 0 Å². The van der Waals surface area contributed by atoms with Crippen molar-refractivity contribution < 1.29 is 9.90 Å². The lowest BCUT2D eigenvalue weighted by Gasteiger charge is -2.37. The quantitative estimate of drug-likeness (QED) is 0.815. The van der Waals surface area contributed by atoms with Crippen LogP contribution >= 0.6 is 0 Å². The number of nitrogens with zero attached hydrogens (tertiary/aromatic N) is 3. The molecule has 3 rings (SSSR count). The number of hydrogen-bond acceptors (Lipinski definition) is 4. The number of aliphatic hydroxyl groups is 1. The second-order valence-corrected chi connectivity index (χ2v) is 6.78. The zero-order valence-corrected chi connectivity index (χ0v) is 14.6. The molecule has 0 radical (unpaired) electrons. The van der Waals surface area contributed by atoms with Crippen molar-refractivity contribution in [3.05, 3.63) is 52.2 Å². The highest BCUT2D eigenvalue weighted by molar-refractivity contribution is 5.76. The lowest BCUT2D eigenvalue weighted by atomic mass is 9.75. The fourth-order valence-corrected chi connectivity index (χ4v) is 3.35. The van der Waals surface area contributed by atoms with Gasteiger partial charge in [-0.15, -0.1) is 0 Å². The first kappa shape index (κ1) is 17.4. The topological polar surface area (TPSA) is 89.2 Å². The van der Waals surface area contributed by atoms with Gasteiger partial charge in [-0.25, -0.2) is 0 Å². The van der Waals surface area contributed by atoms with Crippen LogP contribution in [0.2, 0.25) is 0 Å². The van der Waals surface area contributed by atoms with Gasteiger partial charge in [-0.1, -0.05) is 6.07 Å². The van der Waals surface area contributed by atoms with E-state index in [1.165, 1.54) is 6.07 Å². The maximum atomic E-state index is 12.4. The minimum Gasteiger partial charge on any atom is -0.393 e. The van der Waals surface area contributed by atoms with E-state index < -0.39 is 0 Å². The van der Waals surface area contributed by atoms with E-state index >= 15 is 0 Å². The van der Waals surface area contributed by atoms with Gasteiger partial charge in [0, 0.05) is 43.5 Å². The van der Waals surface area contributed by atoms with Crippen LogP contribution in [0.25, 0.3) is 0 Å². The summed E-state index contributed by atoms with van der Waals surface area (Å²) in [5, 5.41) is 16.8. The standard InChI is InChI=1S/C18H24N4O3/c1-12-4-3-5-17(25)22(12)7-6-16(24)20-18(13-8-15(23)9-13)14-10-19-21(2)11-14/h3-5,10-11,13,15,18,23H,6-9H2,1-2H3,(H,20,24)/t13?,15?,18-/m0/s1. The molecule has 1 aliphatic rings. The Morgan fingerprint density at radius 3 is 2.80 bits per heavy atom. The zero-order chi connectivity index (χ0) is 18.0. The number of aromatic nitrogens is 3. The number of amides is 1. The molecule has 134 valence electrons. The van der Waals surface area contributed by atoms with E-state index in [0.717, 1.165) is 11.3 Å². The predicted molar refractivity (Wildman–Crippen MR) is 92.9 cm³/mol. The van der Waals surface area contributed by atoms with E-state index in [1.807, 2.05) is 26.2 Å². The van der Waals surface area contributed by atoms with Gasteiger partial charge in [-0.05, 0) is 31.7 Å². The van der Waals surface area contributed by atoms with Crippen molar-refractivity contribution in [2.24, 2.45) is 13.0 Å². The number of rotatable bonds is 6. The second-order valence-electron chi connectivity index (χ2n) is 6.78. The summed E-state index contributed by atoms with van der Waals surface area (Å²) in [4.78, 5) is 24.3. The highest BCUT2D eigenvalue weighted by Gasteiger charge is 2.36. The number of pyridine rings is 1. The van der Waals surface area contributed by atoms with Crippen LogP contribution in [0.5, 0.6) is 0 Å². The smallest absolute Gasteiger partial charge is 0.250 e. The Balaban J connectivity index is 1.65. The molecular formula is C18H24N4O3. The number of aliphatic hydroxyl groups excluding tert-OH is 1. The third-order valence-corrected chi connectivity index (χ3v) is 4.85. The minimum absolute atomic E-state index is 0.0984. The van der Waals surface area contributed by atoms with Crippen LogP contribution < -0.4 is 10.9 Å². The number of aryl methyl sites for hydroxylation is 2. The van der Waals surface area contributed by atoms with Gasteiger partial charge in [-0.3, -0.25) is 14.3 Å². The molecule has 1 aliphatic carbocycles. The van der Waals surface area contributed by atoms with E-state index in [9.17, 15) is 14.7 Å². The van der Waals surface area contributed by atoms with Gasteiger partial charge in [0.15, 0.2) is 0 Å². The minimum atomic E-state index is -0.286. The molecule has 0 aromatic carbocycles. The average Bonchev–Trinajstić information content (AvgIpc) is 2.96. The molecule has 1 fully saturated rings. The molecule has 0 spiro atoms. The molecule has 0 saturated heterocycles. The molecule has 25 heavy (non-hydrogen) atoms. The van der Waals surface area contributed by atoms with Crippen LogP contribution in [0, 0.1) is 12.8 Å². The summed E-state index contributed by atoms with van der Waals surface area (Å²) in [7, 11) is 1.84. The summed E-state index contributed by atoms with van der Waals surface area (Å²) in [5.41, 5.74) is 1.69. The molecule has 1 saturated carbocycles. The van der Waals surface area contributed by atoms with Crippen molar-refractivity contribution in [1.29, 1.82) is 0 Å². The molecule has 7 heteroatoms. The van der Waals surface area contributed by atoms with Crippen molar-refractivity contribution in [2.75, 3.05) is 0 Å². The van der Waals surface area contributed by atoms with Gasteiger partial charge in [-0.2, -0.15) is 5.10 Å². The Hall–Kier alpha value is -2.41. The summed E-state index contributed by atoms with van der Waals surface area (Å²) >= 11 is 0. The number of hydrogen-bond donors (Lipinski definition) is 2. The molecule has 2 heterocycles. The third kappa shape index (κ3) is 3.99. The summed E-state index contributed by atoms with van der Waals surface area (Å²) in [6.07, 6.45) is 4.94. The summed E-state index contributed by atoms with van der Waals surface area (Å²) in [6.45, 7) is 2.21. The highest BCUT2D eigenvalue weighted by Crippen LogP contribution is 2.37. The van der Waals surface area contributed by atoms with Crippen molar-refractivity contribution in [3.63, 3.8) is 0 Å². The van der Waals surface area contributed by atoms with Gasteiger partial charge in [0.05, 0.1) is 18.3 Å². The lowest BCUT2D eigenvalue weighted by Crippen LogP contribution is -2.41. The van der Waals surface area contributed by atoms with Gasteiger partial charge < -0.3 is 15.0 Å². The Bertz CT molecular complexity index is 805. The van der Waals surface area contributed by atoms with Gasteiger partial charge >= 0.3 is 0 Å². The van der Waals surface area contributed by atoms with Crippen LogP contribution in [0.4, 0.5) is 0 Å². The van der Waals surface area contributed by atoms with E-state index in [4.69, 9.17) is 0 Å². The number of carbonyl (C=O) groups excluding carboxylic acids is 1. The van der Waals surface area contributed by atoms with Crippen LogP contribution in [0.1, 0.15) is 36.6 Å². The van der Waals surface area contributed by atoms with Crippen LogP contribution in [-0.2, 0) is 18.4 Å². The molecule has 7 nitrogen and oxygen atoms in total. The summed E-state index contributed by atoms with van der Waals surface area (Å²) in [5.74, 6) is 0.106. The Morgan fingerprint density at radius 2 is 2.20 bits per heavy atom. The van der Waals surface area contributed by atoms with Crippen LogP contribution in [-0.4, -0.2) is 31.5 Å². The van der Waals surface area contributed by atoms with Gasteiger partial charge in [0.1, 0.15) is 0 Å². The lowest BCUT2D eigenvalue weighted by molar-refractivity contribution is -0.123. The van der Waals surface area contributed by atoms with E-state index in [0.29, 0.717) is 19.4 Å². The monoisotopic (exact) mass is 344 g/mol. The molecule has 1 atom stereocenters. The van der Waals surface area contributed by atoms with E-state index in [-0.39, 0.29) is 36.0 Å². The maximum absolute atomic E-state index is 12.4. The first-order chi connectivity index (χ1) is 11.9. The third-order valence-electron chi connectivity index (χ3n) is 4.85. The molecule has 2 aromatic rings. The van der Waals surface area contributed by atoms with Crippen molar-refractivity contribution >= 4 is 5.91 Å². The fourth-order valence-electron chi connectivity index (χ4n) is 3.35. The molecule has 0 aliphatic heterocycles. The van der Waals surface area contributed by atoms with Gasteiger partial charge in [0.2, 0.25) is 5.91 Å². The Morgan fingerprint density at radius 1 is 1.44 bits per heavy atom. The Labute approximate surface area is 146 Å². The largest absolute Gasteiger partial charge is 0.393 e. The first-order valence-corrected chi connectivity index (χ1v) is 8.56.